The second-order valence-electron chi connectivity index (χ2n) is 7.04. The summed E-state index contributed by atoms with van der Waals surface area (Å²) in [6, 6.07) is 0. The van der Waals surface area contributed by atoms with Crippen molar-refractivity contribution in [3.05, 3.63) is 11.6 Å². The molecule has 27 heavy (non-hydrogen) atoms. The van der Waals surface area contributed by atoms with Gasteiger partial charge in [-0.2, -0.15) is 0 Å². The molecule has 0 amide bonds. The molecule has 0 heterocycles. The molecule has 2 atom stereocenters. The number of aliphatic carboxylic acids is 2. The van der Waals surface area contributed by atoms with Crippen LogP contribution < -0.4 is 5.11 Å². The molecule has 0 rings (SSSR count). The van der Waals surface area contributed by atoms with E-state index in [0.717, 1.165) is 12.8 Å². The Kier molecular flexibility index (Phi) is 14.3. The van der Waals surface area contributed by atoms with Gasteiger partial charge >= 0.3 is 13.8 Å². The number of quaternary nitrogens is 1. The molecule has 2 unspecified atom stereocenters. The Morgan fingerprint density at radius 3 is 2.07 bits per heavy atom. The van der Waals surface area contributed by atoms with E-state index in [4.69, 9.17) is 14.2 Å². The van der Waals surface area contributed by atoms with Crippen LogP contribution in [0.15, 0.2) is 11.6 Å². The minimum Gasteiger partial charge on any atom is -0.545 e. The van der Waals surface area contributed by atoms with Crippen LogP contribution in [0, 0.1) is 5.92 Å². The highest BCUT2D eigenvalue weighted by atomic mass is 31.2. The van der Waals surface area contributed by atoms with Crippen LogP contribution >= 0.6 is 7.82 Å². The van der Waals surface area contributed by atoms with Crippen molar-refractivity contribution in [1.82, 2.24) is 0 Å². The van der Waals surface area contributed by atoms with E-state index < -0.39 is 19.8 Å². The Morgan fingerprint density at radius 2 is 1.70 bits per heavy atom. The third kappa shape index (κ3) is 17.9. The maximum Gasteiger partial charge on any atom is 0.472 e. The van der Waals surface area contributed by atoms with Crippen LogP contribution in [0.25, 0.3) is 0 Å². The maximum atomic E-state index is 11.3. The molecule has 0 aromatic rings. The summed E-state index contributed by atoms with van der Waals surface area (Å²) in [6.07, 6.45) is 2.96. The standard InChI is InChI=1S/C9H22NO4P.C8H12O4/c1-5-6-8-13-15(11,12)14-9-7-10(2,3)4;1-3-5(2)6(8(11)12)4-7(9)10/h5-9H2,1-4H3;4-5H,3H2,1-2H3,(H,9,10)(H,11,12)/b;6-4+. The highest BCUT2D eigenvalue weighted by Crippen LogP contribution is 2.43. The number of hydrogen-bond donors (Lipinski definition) is 2. The normalized spacial score (nSPS) is 15.3. The molecule has 0 fully saturated rings. The van der Waals surface area contributed by atoms with Crippen molar-refractivity contribution >= 4 is 19.8 Å². The summed E-state index contributed by atoms with van der Waals surface area (Å²) in [5, 5.41) is 18.7. The average Bonchev–Trinajstić information content (AvgIpc) is 2.50. The maximum absolute atomic E-state index is 11.3. The van der Waals surface area contributed by atoms with Gasteiger partial charge < -0.3 is 24.4 Å². The first-order valence-electron chi connectivity index (χ1n) is 8.83. The lowest BCUT2D eigenvalue weighted by Crippen LogP contribution is -2.37. The first-order valence-corrected chi connectivity index (χ1v) is 10.3. The van der Waals surface area contributed by atoms with E-state index >= 15 is 0 Å². The molecule has 0 bridgehead atoms. The predicted molar refractivity (Wildman–Crippen MR) is 99.7 cm³/mol. The molecule has 0 saturated carbocycles. The number of hydrogen-bond acceptors (Lipinski definition) is 6. The zero-order valence-electron chi connectivity index (χ0n) is 17.1. The first kappa shape index (κ1) is 28.0. The van der Waals surface area contributed by atoms with Gasteiger partial charge in [0.25, 0.3) is 0 Å². The Labute approximate surface area is 161 Å². The molecule has 0 aliphatic heterocycles. The number of rotatable bonds is 12. The summed E-state index contributed by atoms with van der Waals surface area (Å²) in [5.41, 5.74) is -0.162. The highest BCUT2D eigenvalue weighted by Gasteiger charge is 2.21. The van der Waals surface area contributed by atoms with Gasteiger partial charge in [0.2, 0.25) is 0 Å². The summed E-state index contributed by atoms with van der Waals surface area (Å²) in [6.45, 7) is 6.58. The average molecular weight is 411 g/mol. The summed E-state index contributed by atoms with van der Waals surface area (Å²) < 4.78 is 21.6. The van der Waals surface area contributed by atoms with E-state index in [-0.39, 0.29) is 24.7 Å². The molecule has 0 saturated heterocycles. The summed E-state index contributed by atoms with van der Waals surface area (Å²) in [4.78, 5) is 29.8. The minimum atomic E-state index is -3.82. The van der Waals surface area contributed by atoms with Crippen molar-refractivity contribution < 1.29 is 42.8 Å². The molecule has 2 N–H and O–H groups in total. The number of phosphoric acid groups is 1. The Balaban J connectivity index is 0. The summed E-state index contributed by atoms with van der Waals surface area (Å²) >= 11 is 0. The quantitative estimate of drug-likeness (QED) is 0.213. The van der Waals surface area contributed by atoms with Crippen LogP contribution in [0.4, 0.5) is 0 Å². The number of carboxylic acid groups (broad SMARTS) is 2. The van der Waals surface area contributed by atoms with E-state index in [2.05, 4.69) is 0 Å². The van der Waals surface area contributed by atoms with E-state index in [0.29, 0.717) is 23.5 Å². The topological polar surface area (TPSA) is 133 Å². The summed E-state index contributed by atoms with van der Waals surface area (Å²) in [7, 11) is 2.15. The van der Waals surface area contributed by atoms with Crippen molar-refractivity contribution in [2.75, 3.05) is 40.9 Å². The van der Waals surface area contributed by atoms with Crippen LogP contribution in [0.5, 0.6) is 0 Å². The number of carbonyl (C=O) groups is 2. The van der Waals surface area contributed by atoms with Crippen LogP contribution in [-0.2, 0) is 23.2 Å². The molecule has 10 heteroatoms. The predicted octanol–water partition coefficient (Wildman–Crippen LogP) is 1.42. The smallest absolute Gasteiger partial charge is 0.472 e. The molecule has 0 aliphatic rings. The van der Waals surface area contributed by atoms with E-state index in [1.165, 1.54) is 0 Å². The summed E-state index contributed by atoms with van der Waals surface area (Å²) in [5.74, 6) is -2.95. The van der Waals surface area contributed by atoms with Crippen LogP contribution in [0.1, 0.15) is 40.0 Å². The zero-order valence-corrected chi connectivity index (χ0v) is 18.0. The van der Waals surface area contributed by atoms with Gasteiger partial charge in [-0.25, -0.2) is 9.36 Å². The second kappa shape index (κ2) is 13.8. The Bertz CT molecular complexity index is 528. The highest BCUT2D eigenvalue weighted by molar-refractivity contribution is 7.47. The van der Waals surface area contributed by atoms with Gasteiger partial charge in [-0.05, 0) is 24.3 Å². The number of nitrogens with zero attached hydrogens (tertiary/aromatic N) is 1. The molecule has 0 aliphatic carbocycles. The molecule has 9 nitrogen and oxygen atoms in total. The van der Waals surface area contributed by atoms with Crippen LogP contribution in [0.2, 0.25) is 0 Å². The zero-order chi connectivity index (χ0) is 21.7. The number of likely N-dealkylation sites (N-methyl/N-ethyl adjacent to an activating group) is 1. The lowest BCUT2D eigenvalue weighted by atomic mass is 9.98. The van der Waals surface area contributed by atoms with Gasteiger partial charge in [0.1, 0.15) is 13.2 Å². The lowest BCUT2D eigenvalue weighted by Gasteiger charge is -2.23. The second-order valence-corrected chi connectivity index (χ2v) is 8.49. The number of unbranched alkanes of at least 4 members (excludes halogenated alkanes) is 1. The van der Waals surface area contributed by atoms with Gasteiger partial charge in [0.05, 0.1) is 33.7 Å². The molecule has 0 aromatic heterocycles. The monoisotopic (exact) mass is 411 g/mol. The number of phosphoric ester groups is 1. The van der Waals surface area contributed by atoms with Crippen molar-refractivity contribution in [2.24, 2.45) is 5.92 Å². The molecule has 0 aromatic carbocycles. The fraction of sp³-hybridized carbons (Fsp3) is 0.765. The Morgan fingerprint density at radius 1 is 1.19 bits per heavy atom. The van der Waals surface area contributed by atoms with Crippen LogP contribution in [-0.4, -0.2) is 67.3 Å². The van der Waals surface area contributed by atoms with Gasteiger partial charge in [-0.15, -0.1) is 0 Å². The fourth-order valence-electron chi connectivity index (χ4n) is 1.55. The van der Waals surface area contributed by atoms with Gasteiger partial charge in [0, 0.05) is 6.08 Å². The van der Waals surface area contributed by atoms with Crippen molar-refractivity contribution in [2.45, 2.75) is 40.0 Å². The Hall–Kier alpha value is -1.25. The van der Waals surface area contributed by atoms with Gasteiger partial charge in [0.15, 0.2) is 0 Å². The molecular weight excluding hydrogens is 377 g/mol. The molecule has 160 valence electrons. The van der Waals surface area contributed by atoms with Crippen molar-refractivity contribution in [3.8, 4) is 0 Å². The van der Waals surface area contributed by atoms with E-state index in [1.807, 2.05) is 28.1 Å². The third-order valence-electron chi connectivity index (χ3n) is 3.43. The largest absolute Gasteiger partial charge is 0.545 e. The number of carboxylic acids is 2. The molecule has 0 spiro atoms. The van der Waals surface area contributed by atoms with Crippen LogP contribution in [0.3, 0.4) is 0 Å². The SMILES string of the molecule is CCC(C)/C(=C\C(=O)O)C(=O)[O-].CCCCOP(=O)(O)OCC[N+](C)(C)C. The number of carbonyl (C=O) groups excluding carboxylic acids is 1. The molecule has 0 radical (unpaired) electrons. The third-order valence-corrected chi connectivity index (χ3v) is 4.44. The molecular formula is C17H34NO8P. The van der Waals surface area contributed by atoms with E-state index in [9.17, 15) is 24.2 Å². The fourth-order valence-corrected chi connectivity index (χ4v) is 2.29. The van der Waals surface area contributed by atoms with Gasteiger partial charge in [-0.3, -0.25) is 9.05 Å². The van der Waals surface area contributed by atoms with Crippen molar-refractivity contribution in [1.29, 1.82) is 0 Å². The lowest BCUT2D eigenvalue weighted by molar-refractivity contribution is -0.870. The van der Waals surface area contributed by atoms with Gasteiger partial charge in [-0.1, -0.05) is 27.2 Å². The minimum absolute atomic E-state index is 0.162. The first-order chi connectivity index (χ1) is 12.3. The van der Waals surface area contributed by atoms with Crippen molar-refractivity contribution in [3.63, 3.8) is 0 Å². The van der Waals surface area contributed by atoms with E-state index in [1.54, 1.807) is 13.8 Å².